The lowest BCUT2D eigenvalue weighted by atomic mass is 9.88. The summed E-state index contributed by atoms with van der Waals surface area (Å²) in [5.41, 5.74) is 11.5. The van der Waals surface area contributed by atoms with E-state index in [1.165, 1.54) is 17.5 Å². The SMILES string of the molecule is COc1ccc(-c2nn(C3CCc4ccccc4C3)c3ncnc(N)c23)cc1OC. The van der Waals surface area contributed by atoms with Crippen molar-refractivity contribution >= 4 is 16.9 Å². The molecule has 4 aromatic rings. The molecule has 0 bridgehead atoms. The van der Waals surface area contributed by atoms with Gasteiger partial charge in [-0.2, -0.15) is 5.10 Å². The molecule has 0 saturated heterocycles. The molecule has 2 N–H and O–H groups in total. The zero-order valence-corrected chi connectivity index (χ0v) is 17.0. The first-order valence-electron chi connectivity index (χ1n) is 9.97. The average molecular weight is 401 g/mol. The molecule has 0 aliphatic heterocycles. The predicted octanol–water partition coefficient (Wildman–Crippen LogP) is 3.82. The number of fused-ring (bicyclic) bond motifs is 2. The standard InChI is InChI=1S/C23H23N5O2/c1-29-18-10-8-16(12-19(18)30-2)21-20-22(24)25-13-26-23(20)28(27-21)17-9-7-14-5-3-4-6-15(14)11-17/h3-6,8,10,12-13,17H,7,9,11H2,1-2H3,(H2,24,25,26). The second-order valence-corrected chi connectivity index (χ2v) is 7.49. The quantitative estimate of drug-likeness (QED) is 0.559. The van der Waals surface area contributed by atoms with Gasteiger partial charge in [-0.25, -0.2) is 14.6 Å². The van der Waals surface area contributed by atoms with Crippen molar-refractivity contribution in [2.24, 2.45) is 0 Å². The summed E-state index contributed by atoms with van der Waals surface area (Å²) in [6, 6.07) is 14.6. The van der Waals surface area contributed by atoms with Crippen LogP contribution >= 0.6 is 0 Å². The van der Waals surface area contributed by atoms with Crippen LogP contribution in [0.5, 0.6) is 11.5 Å². The van der Waals surface area contributed by atoms with E-state index in [1.54, 1.807) is 14.2 Å². The van der Waals surface area contributed by atoms with E-state index in [4.69, 9.17) is 20.3 Å². The molecule has 0 amide bonds. The fourth-order valence-corrected chi connectivity index (χ4v) is 4.32. The molecule has 7 nitrogen and oxygen atoms in total. The van der Waals surface area contributed by atoms with Gasteiger partial charge in [-0.1, -0.05) is 24.3 Å². The Labute approximate surface area is 174 Å². The van der Waals surface area contributed by atoms with Gasteiger partial charge in [0.2, 0.25) is 0 Å². The van der Waals surface area contributed by atoms with Crippen molar-refractivity contribution in [3.8, 4) is 22.8 Å². The Morgan fingerprint density at radius 1 is 1.00 bits per heavy atom. The second-order valence-electron chi connectivity index (χ2n) is 7.49. The number of rotatable bonds is 4. The number of benzene rings is 2. The van der Waals surface area contributed by atoms with Gasteiger partial charge in [0.25, 0.3) is 0 Å². The molecule has 2 aromatic carbocycles. The summed E-state index contributed by atoms with van der Waals surface area (Å²) >= 11 is 0. The molecule has 1 unspecified atom stereocenters. The van der Waals surface area contributed by atoms with E-state index in [9.17, 15) is 0 Å². The molecule has 5 rings (SSSR count). The number of nitrogens with zero attached hydrogens (tertiary/aromatic N) is 4. The van der Waals surface area contributed by atoms with Gasteiger partial charge in [0.05, 0.1) is 25.6 Å². The minimum atomic E-state index is 0.214. The number of methoxy groups -OCH3 is 2. The number of aryl methyl sites for hydroxylation is 1. The molecule has 30 heavy (non-hydrogen) atoms. The first kappa shape index (κ1) is 18.4. The van der Waals surface area contributed by atoms with Gasteiger partial charge in [-0.15, -0.1) is 0 Å². The molecule has 0 radical (unpaired) electrons. The number of aromatic nitrogens is 4. The molecular formula is C23H23N5O2. The summed E-state index contributed by atoms with van der Waals surface area (Å²) in [4.78, 5) is 8.77. The fourth-order valence-electron chi connectivity index (χ4n) is 4.32. The molecule has 0 fully saturated rings. The van der Waals surface area contributed by atoms with Crippen LogP contribution in [-0.2, 0) is 12.8 Å². The van der Waals surface area contributed by atoms with Crippen molar-refractivity contribution in [1.29, 1.82) is 0 Å². The van der Waals surface area contributed by atoms with Crippen LogP contribution in [0.3, 0.4) is 0 Å². The summed E-state index contributed by atoms with van der Waals surface area (Å²) in [6.07, 6.45) is 4.45. The van der Waals surface area contributed by atoms with Gasteiger partial charge in [-0.3, -0.25) is 0 Å². The number of nitrogen functional groups attached to an aromatic ring is 1. The molecule has 0 saturated carbocycles. The maximum atomic E-state index is 6.28. The Morgan fingerprint density at radius 2 is 1.80 bits per heavy atom. The first-order valence-corrected chi connectivity index (χ1v) is 9.97. The fraction of sp³-hybridized carbons (Fsp3) is 0.261. The topological polar surface area (TPSA) is 88.1 Å². The van der Waals surface area contributed by atoms with Crippen molar-refractivity contribution in [2.45, 2.75) is 25.3 Å². The van der Waals surface area contributed by atoms with Crippen molar-refractivity contribution in [2.75, 3.05) is 20.0 Å². The van der Waals surface area contributed by atoms with Crippen LogP contribution in [0.2, 0.25) is 0 Å². The average Bonchev–Trinajstić information content (AvgIpc) is 3.19. The third kappa shape index (κ3) is 2.94. The highest BCUT2D eigenvalue weighted by Crippen LogP contribution is 2.38. The molecule has 152 valence electrons. The molecule has 2 aromatic heterocycles. The van der Waals surface area contributed by atoms with E-state index in [-0.39, 0.29) is 6.04 Å². The number of nitrogens with two attached hydrogens (primary N) is 1. The third-order valence-electron chi connectivity index (χ3n) is 5.84. The summed E-state index contributed by atoms with van der Waals surface area (Å²) in [5, 5.41) is 5.75. The second kappa shape index (κ2) is 7.33. The molecule has 1 atom stereocenters. The monoisotopic (exact) mass is 401 g/mol. The van der Waals surface area contributed by atoms with E-state index in [0.717, 1.165) is 41.6 Å². The largest absolute Gasteiger partial charge is 0.493 e. The minimum absolute atomic E-state index is 0.214. The van der Waals surface area contributed by atoms with Gasteiger partial charge in [0, 0.05) is 5.56 Å². The number of anilines is 1. The van der Waals surface area contributed by atoms with Crippen LogP contribution in [0.1, 0.15) is 23.6 Å². The van der Waals surface area contributed by atoms with Crippen LogP contribution < -0.4 is 15.2 Å². The molecule has 1 aliphatic carbocycles. The highest BCUT2D eigenvalue weighted by Gasteiger charge is 2.26. The highest BCUT2D eigenvalue weighted by atomic mass is 16.5. The van der Waals surface area contributed by atoms with Crippen LogP contribution in [0, 0.1) is 0 Å². The zero-order valence-electron chi connectivity index (χ0n) is 17.0. The summed E-state index contributed by atoms with van der Waals surface area (Å²) < 4.78 is 12.9. The van der Waals surface area contributed by atoms with E-state index in [0.29, 0.717) is 17.3 Å². The molecule has 2 heterocycles. The van der Waals surface area contributed by atoms with E-state index >= 15 is 0 Å². The molecular weight excluding hydrogens is 378 g/mol. The van der Waals surface area contributed by atoms with E-state index < -0.39 is 0 Å². The Bertz CT molecular complexity index is 1230. The summed E-state index contributed by atoms with van der Waals surface area (Å²) in [5.74, 6) is 1.73. The number of hydrogen-bond acceptors (Lipinski definition) is 6. The maximum absolute atomic E-state index is 6.28. The van der Waals surface area contributed by atoms with Crippen molar-refractivity contribution in [3.05, 3.63) is 59.9 Å². The van der Waals surface area contributed by atoms with Gasteiger partial charge in [0.1, 0.15) is 17.8 Å². The van der Waals surface area contributed by atoms with E-state index in [2.05, 4.69) is 34.2 Å². The lowest BCUT2D eigenvalue weighted by Gasteiger charge is -2.25. The lowest BCUT2D eigenvalue weighted by molar-refractivity contribution is 0.355. The third-order valence-corrected chi connectivity index (χ3v) is 5.84. The lowest BCUT2D eigenvalue weighted by Crippen LogP contribution is -2.20. The Balaban J connectivity index is 1.65. The highest BCUT2D eigenvalue weighted by molar-refractivity contribution is 5.98. The van der Waals surface area contributed by atoms with Crippen LogP contribution in [0.15, 0.2) is 48.8 Å². The van der Waals surface area contributed by atoms with Crippen molar-refractivity contribution in [1.82, 2.24) is 19.7 Å². The van der Waals surface area contributed by atoms with Gasteiger partial charge in [-0.05, 0) is 48.6 Å². The molecule has 7 heteroatoms. The number of ether oxygens (including phenoxy) is 2. The maximum Gasteiger partial charge on any atom is 0.164 e. The number of hydrogen-bond donors (Lipinski definition) is 1. The zero-order chi connectivity index (χ0) is 20.7. The van der Waals surface area contributed by atoms with Crippen molar-refractivity contribution < 1.29 is 9.47 Å². The Morgan fingerprint density at radius 3 is 2.60 bits per heavy atom. The minimum Gasteiger partial charge on any atom is -0.493 e. The smallest absolute Gasteiger partial charge is 0.164 e. The molecule has 1 aliphatic rings. The molecule has 0 spiro atoms. The summed E-state index contributed by atoms with van der Waals surface area (Å²) in [7, 11) is 3.24. The van der Waals surface area contributed by atoms with Crippen LogP contribution in [0.25, 0.3) is 22.3 Å². The first-order chi connectivity index (χ1) is 14.7. The van der Waals surface area contributed by atoms with Crippen LogP contribution in [-0.4, -0.2) is 34.0 Å². The van der Waals surface area contributed by atoms with Crippen LogP contribution in [0.4, 0.5) is 5.82 Å². The van der Waals surface area contributed by atoms with E-state index in [1.807, 2.05) is 22.9 Å². The normalized spacial score (nSPS) is 15.7. The van der Waals surface area contributed by atoms with Gasteiger partial charge in [0.15, 0.2) is 17.1 Å². The Hall–Kier alpha value is -3.61. The van der Waals surface area contributed by atoms with Crippen molar-refractivity contribution in [3.63, 3.8) is 0 Å². The van der Waals surface area contributed by atoms with Gasteiger partial charge < -0.3 is 15.2 Å². The van der Waals surface area contributed by atoms with Gasteiger partial charge >= 0.3 is 0 Å². The predicted molar refractivity (Wildman–Crippen MR) is 116 cm³/mol. The summed E-state index contributed by atoms with van der Waals surface area (Å²) in [6.45, 7) is 0. The Kier molecular flexibility index (Phi) is 4.50.